The van der Waals surface area contributed by atoms with Crippen LogP contribution < -0.4 is 5.32 Å². The lowest BCUT2D eigenvalue weighted by Gasteiger charge is -2.05. The summed E-state index contributed by atoms with van der Waals surface area (Å²) in [6.07, 6.45) is 0.803. The van der Waals surface area contributed by atoms with Crippen molar-refractivity contribution < 1.29 is 4.79 Å². The van der Waals surface area contributed by atoms with E-state index in [0.29, 0.717) is 17.5 Å². The first-order chi connectivity index (χ1) is 9.15. The van der Waals surface area contributed by atoms with E-state index in [2.05, 4.69) is 30.2 Å². The number of para-hydroxylation sites is 1. The van der Waals surface area contributed by atoms with Gasteiger partial charge in [0.05, 0.1) is 21.0 Å². The van der Waals surface area contributed by atoms with E-state index in [1.165, 1.54) is 4.70 Å². The number of rotatable bonds is 6. The van der Waals surface area contributed by atoms with Crippen LogP contribution in [-0.4, -0.2) is 28.4 Å². The van der Waals surface area contributed by atoms with Gasteiger partial charge in [-0.15, -0.1) is 23.1 Å². The predicted octanol–water partition coefficient (Wildman–Crippen LogP) is 3.10. The zero-order valence-electron chi connectivity index (χ0n) is 11.2. The van der Waals surface area contributed by atoms with Crippen molar-refractivity contribution in [1.29, 1.82) is 0 Å². The number of thiazole rings is 1. The van der Waals surface area contributed by atoms with Gasteiger partial charge in [0.25, 0.3) is 0 Å². The SMILES string of the molecule is CC(C)SCC(=O)NCCc1nc2ccccc2s1. The average Bonchev–Trinajstić information content (AvgIpc) is 2.79. The average molecular weight is 294 g/mol. The van der Waals surface area contributed by atoms with E-state index < -0.39 is 0 Å². The maximum absolute atomic E-state index is 11.6. The molecule has 0 radical (unpaired) electrons. The molecule has 0 bridgehead atoms. The molecule has 19 heavy (non-hydrogen) atoms. The third kappa shape index (κ3) is 4.51. The molecule has 0 unspecified atom stereocenters. The number of carbonyl (C=O) groups excluding carboxylic acids is 1. The molecule has 0 spiro atoms. The van der Waals surface area contributed by atoms with Gasteiger partial charge in [-0.2, -0.15) is 0 Å². The standard InChI is InChI=1S/C14H18N2OS2/c1-10(2)18-9-13(17)15-8-7-14-16-11-5-3-4-6-12(11)19-14/h3-6,10H,7-9H2,1-2H3,(H,15,17). The van der Waals surface area contributed by atoms with E-state index in [9.17, 15) is 4.79 Å². The molecule has 1 heterocycles. The second-order valence-electron chi connectivity index (χ2n) is 4.54. The van der Waals surface area contributed by atoms with Crippen molar-refractivity contribution in [3.8, 4) is 0 Å². The van der Waals surface area contributed by atoms with Gasteiger partial charge in [-0.3, -0.25) is 4.79 Å². The molecular weight excluding hydrogens is 276 g/mol. The van der Waals surface area contributed by atoms with E-state index in [4.69, 9.17) is 0 Å². The zero-order chi connectivity index (χ0) is 13.7. The summed E-state index contributed by atoms with van der Waals surface area (Å²) in [6, 6.07) is 8.12. The molecule has 0 saturated heterocycles. The van der Waals surface area contributed by atoms with Gasteiger partial charge in [-0.05, 0) is 17.4 Å². The fraction of sp³-hybridized carbons (Fsp3) is 0.429. The fourth-order valence-corrected chi connectivity index (χ4v) is 3.18. The second-order valence-corrected chi connectivity index (χ2v) is 7.22. The molecule has 0 fully saturated rings. The van der Waals surface area contributed by atoms with Crippen LogP contribution in [0.15, 0.2) is 24.3 Å². The minimum atomic E-state index is 0.111. The number of amides is 1. The Bertz CT molecular complexity index is 518. The Morgan fingerprint density at radius 1 is 1.42 bits per heavy atom. The summed E-state index contributed by atoms with van der Waals surface area (Å²) in [5.74, 6) is 0.650. The lowest BCUT2D eigenvalue weighted by molar-refractivity contribution is -0.118. The summed E-state index contributed by atoms with van der Waals surface area (Å²) in [5, 5.41) is 4.51. The fourth-order valence-electron chi connectivity index (χ4n) is 1.63. The first kappa shape index (κ1) is 14.3. The number of nitrogens with zero attached hydrogens (tertiary/aromatic N) is 1. The van der Waals surface area contributed by atoms with Gasteiger partial charge in [0, 0.05) is 13.0 Å². The number of hydrogen-bond donors (Lipinski definition) is 1. The van der Waals surface area contributed by atoms with E-state index in [1.54, 1.807) is 23.1 Å². The normalized spacial score (nSPS) is 11.1. The Morgan fingerprint density at radius 3 is 2.95 bits per heavy atom. The van der Waals surface area contributed by atoms with Crippen LogP contribution in [0.1, 0.15) is 18.9 Å². The highest BCUT2D eigenvalue weighted by Crippen LogP contribution is 2.21. The Hall–Kier alpha value is -1.07. The van der Waals surface area contributed by atoms with Gasteiger partial charge in [0.1, 0.15) is 0 Å². The maximum atomic E-state index is 11.6. The summed E-state index contributed by atoms with van der Waals surface area (Å²) in [5.41, 5.74) is 1.05. The molecule has 102 valence electrons. The van der Waals surface area contributed by atoms with Crippen molar-refractivity contribution in [3.63, 3.8) is 0 Å². The van der Waals surface area contributed by atoms with Crippen LogP contribution in [0.25, 0.3) is 10.2 Å². The van der Waals surface area contributed by atoms with Crippen LogP contribution in [-0.2, 0) is 11.2 Å². The summed E-state index contributed by atoms with van der Waals surface area (Å²) >= 11 is 3.36. The Balaban J connectivity index is 1.77. The van der Waals surface area contributed by atoms with Crippen molar-refractivity contribution in [1.82, 2.24) is 10.3 Å². The van der Waals surface area contributed by atoms with Gasteiger partial charge in [-0.25, -0.2) is 4.98 Å². The van der Waals surface area contributed by atoms with Crippen LogP contribution in [0, 0.1) is 0 Å². The minimum Gasteiger partial charge on any atom is -0.355 e. The lowest BCUT2D eigenvalue weighted by atomic mass is 10.3. The number of fused-ring (bicyclic) bond motifs is 1. The number of carbonyl (C=O) groups is 1. The Kier molecular flexibility index (Phi) is 5.22. The van der Waals surface area contributed by atoms with Crippen LogP contribution in [0.2, 0.25) is 0 Å². The smallest absolute Gasteiger partial charge is 0.230 e. The van der Waals surface area contributed by atoms with Crippen molar-refractivity contribution in [3.05, 3.63) is 29.3 Å². The number of hydrogen-bond acceptors (Lipinski definition) is 4. The zero-order valence-corrected chi connectivity index (χ0v) is 12.8. The molecule has 0 aliphatic rings. The monoisotopic (exact) mass is 294 g/mol. The molecular formula is C14H18N2OS2. The van der Waals surface area contributed by atoms with Gasteiger partial charge in [-0.1, -0.05) is 26.0 Å². The minimum absolute atomic E-state index is 0.111. The van der Waals surface area contributed by atoms with E-state index in [0.717, 1.165) is 16.9 Å². The largest absolute Gasteiger partial charge is 0.355 e. The van der Waals surface area contributed by atoms with Crippen LogP contribution in [0.5, 0.6) is 0 Å². The molecule has 2 aromatic rings. The lowest BCUT2D eigenvalue weighted by Crippen LogP contribution is -2.27. The van der Waals surface area contributed by atoms with Crippen LogP contribution >= 0.6 is 23.1 Å². The van der Waals surface area contributed by atoms with Gasteiger partial charge >= 0.3 is 0 Å². The van der Waals surface area contributed by atoms with E-state index >= 15 is 0 Å². The molecule has 2 rings (SSSR count). The van der Waals surface area contributed by atoms with Crippen LogP contribution in [0.4, 0.5) is 0 Å². The molecule has 3 nitrogen and oxygen atoms in total. The summed E-state index contributed by atoms with van der Waals surface area (Å²) in [4.78, 5) is 16.1. The number of aromatic nitrogens is 1. The summed E-state index contributed by atoms with van der Waals surface area (Å²) < 4.78 is 1.21. The summed E-state index contributed by atoms with van der Waals surface area (Å²) in [6.45, 7) is 4.86. The molecule has 1 aromatic heterocycles. The molecule has 0 saturated carbocycles. The van der Waals surface area contributed by atoms with Crippen LogP contribution in [0.3, 0.4) is 0 Å². The van der Waals surface area contributed by atoms with Crippen molar-refractivity contribution in [2.75, 3.05) is 12.3 Å². The molecule has 0 aliphatic carbocycles. The van der Waals surface area contributed by atoms with Gasteiger partial charge in [0.15, 0.2) is 0 Å². The first-order valence-corrected chi connectivity index (χ1v) is 8.24. The first-order valence-electron chi connectivity index (χ1n) is 6.38. The predicted molar refractivity (Wildman–Crippen MR) is 83.9 cm³/mol. The molecule has 0 atom stereocenters. The molecule has 1 aromatic carbocycles. The molecule has 0 aliphatic heterocycles. The molecule has 1 amide bonds. The number of nitrogens with one attached hydrogen (secondary N) is 1. The summed E-state index contributed by atoms with van der Waals surface area (Å²) in [7, 11) is 0. The highest BCUT2D eigenvalue weighted by molar-refractivity contribution is 8.00. The second kappa shape index (κ2) is 6.91. The third-order valence-corrected chi connectivity index (χ3v) is 4.74. The van der Waals surface area contributed by atoms with Crippen molar-refractivity contribution in [2.45, 2.75) is 25.5 Å². The van der Waals surface area contributed by atoms with Gasteiger partial charge in [0.2, 0.25) is 5.91 Å². The Morgan fingerprint density at radius 2 is 2.21 bits per heavy atom. The topological polar surface area (TPSA) is 42.0 Å². The molecule has 5 heteroatoms. The third-order valence-electron chi connectivity index (χ3n) is 2.55. The number of thioether (sulfide) groups is 1. The maximum Gasteiger partial charge on any atom is 0.230 e. The van der Waals surface area contributed by atoms with Crippen molar-refractivity contribution in [2.24, 2.45) is 0 Å². The highest BCUT2D eigenvalue weighted by atomic mass is 32.2. The number of benzene rings is 1. The van der Waals surface area contributed by atoms with E-state index in [1.807, 2.05) is 18.2 Å². The Labute approximate surface area is 121 Å². The van der Waals surface area contributed by atoms with Crippen molar-refractivity contribution >= 4 is 39.2 Å². The molecule has 1 N–H and O–H groups in total. The van der Waals surface area contributed by atoms with E-state index in [-0.39, 0.29) is 5.91 Å². The van der Waals surface area contributed by atoms with Gasteiger partial charge < -0.3 is 5.32 Å². The highest BCUT2D eigenvalue weighted by Gasteiger charge is 2.05. The quantitative estimate of drug-likeness (QED) is 0.890.